The molecule has 0 aliphatic rings. The van der Waals surface area contributed by atoms with E-state index in [1.165, 1.54) is 18.5 Å². The Labute approximate surface area is 167 Å². The average Bonchev–Trinajstić information content (AvgIpc) is 3.13. The number of rotatable bonds is 6. The van der Waals surface area contributed by atoms with Gasteiger partial charge in [0, 0.05) is 29.8 Å². The Bertz CT molecular complexity index is 1150. The number of hydrogen-bond acceptors (Lipinski definition) is 6. The number of aromatic nitrogens is 2. The SMILES string of the molecule is CC(C)CNc1ncnc2oc(-c3ccc([N+](=O)[O-])cc3)c(-c3ccccc3)c12. The second-order valence-electron chi connectivity index (χ2n) is 7.15. The minimum atomic E-state index is -0.417. The number of nitrogens with one attached hydrogen (secondary N) is 1. The van der Waals surface area contributed by atoms with Gasteiger partial charge in [-0.2, -0.15) is 0 Å². The molecule has 29 heavy (non-hydrogen) atoms. The van der Waals surface area contributed by atoms with Crippen molar-refractivity contribution in [2.45, 2.75) is 13.8 Å². The third-order valence-electron chi connectivity index (χ3n) is 4.57. The van der Waals surface area contributed by atoms with E-state index >= 15 is 0 Å². The minimum Gasteiger partial charge on any atom is -0.437 e. The van der Waals surface area contributed by atoms with E-state index in [-0.39, 0.29) is 5.69 Å². The molecule has 0 saturated heterocycles. The van der Waals surface area contributed by atoms with Crippen molar-refractivity contribution in [3.63, 3.8) is 0 Å². The van der Waals surface area contributed by atoms with E-state index in [0.717, 1.165) is 28.6 Å². The van der Waals surface area contributed by atoms with Crippen LogP contribution in [0.15, 0.2) is 65.3 Å². The first-order valence-electron chi connectivity index (χ1n) is 9.36. The Morgan fingerprint density at radius 3 is 2.41 bits per heavy atom. The highest BCUT2D eigenvalue weighted by molar-refractivity contribution is 6.05. The van der Waals surface area contributed by atoms with Crippen LogP contribution in [-0.2, 0) is 0 Å². The van der Waals surface area contributed by atoms with Crippen molar-refractivity contribution in [2.75, 3.05) is 11.9 Å². The van der Waals surface area contributed by atoms with E-state index in [9.17, 15) is 10.1 Å². The molecule has 0 unspecified atom stereocenters. The van der Waals surface area contributed by atoms with Crippen molar-refractivity contribution in [1.29, 1.82) is 0 Å². The minimum absolute atomic E-state index is 0.0326. The first-order chi connectivity index (χ1) is 14.0. The highest BCUT2D eigenvalue weighted by Crippen LogP contribution is 2.42. The first kappa shape index (κ1) is 18.6. The monoisotopic (exact) mass is 388 g/mol. The summed E-state index contributed by atoms with van der Waals surface area (Å²) in [6, 6.07) is 16.2. The largest absolute Gasteiger partial charge is 0.437 e. The number of anilines is 1. The lowest BCUT2D eigenvalue weighted by molar-refractivity contribution is -0.384. The van der Waals surface area contributed by atoms with E-state index in [1.54, 1.807) is 12.1 Å². The Morgan fingerprint density at radius 1 is 1.03 bits per heavy atom. The van der Waals surface area contributed by atoms with Crippen LogP contribution in [0.25, 0.3) is 33.6 Å². The molecule has 7 heteroatoms. The van der Waals surface area contributed by atoms with Crippen LogP contribution in [0, 0.1) is 16.0 Å². The molecule has 0 aliphatic heterocycles. The number of non-ortho nitro benzene ring substituents is 1. The standard InChI is InChI=1S/C22H20N4O3/c1-14(2)12-23-21-19-18(15-6-4-3-5-7-15)20(29-22(19)25-13-24-21)16-8-10-17(11-9-16)26(27)28/h3-11,13-14H,12H2,1-2H3,(H,23,24,25). The van der Waals surface area contributed by atoms with E-state index in [2.05, 4.69) is 29.1 Å². The van der Waals surface area contributed by atoms with Crippen molar-refractivity contribution in [3.8, 4) is 22.5 Å². The maximum Gasteiger partial charge on any atom is 0.269 e. The summed E-state index contributed by atoms with van der Waals surface area (Å²) in [5, 5.41) is 15.2. The summed E-state index contributed by atoms with van der Waals surface area (Å²) in [4.78, 5) is 19.3. The second kappa shape index (κ2) is 7.71. The van der Waals surface area contributed by atoms with Gasteiger partial charge < -0.3 is 9.73 Å². The molecule has 0 amide bonds. The molecule has 146 valence electrons. The molecule has 2 aromatic heterocycles. The van der Waals surface area contributed by atoms with Crippen LogP contribution in [-0.4, -0.2) is 21.4 Å². The number of nitrogens with zero attached hydrogens (tertiary/aromatic N) is 3. The van der Waals surface area contributed by atoms with Crippen LogP contribution in [0.5, 0.6) is 0 Å². The zero-order valence-electron chi connectivity index (χ0n) is 16.1. The Balaban J connectivity index is 1.94. The molecule has 0 radical (unpaired) electrons. The Kier molecular flexibility index (Phi) is 4.95. The van der Waals surface area contributed by atoms with Crippen molar-refractivity contribution in [3.05, 3.63) is 71.0 Å². The fraction of sp³-hybridized carbons (Fsp3) is 0.182. The van der Waals surface area contributed by atoms with Gasteiger partial charge in [0.2, 0.25) is 5.71 Å². The zero-order valence-corrected chi connectivity index (χ0v) is 16.1. The normalized spacial score (nSPS) is 11.1. The Morgan fingerprint density at radius 2 is 1.76 bits per heavy atom. The number of fused-ring (bicyclic) bond motifs is 1. The molecule has 2 aromatic carbocycles. The van der Waals surface area contributed by atoms with Gasteiger partial charge in [0.1, 0.15) is 17.9 Å². The summed E-state index contributed by atoms with van der Waals surface area (Å²) in [5.74, 6) is 1.76. The summed E-state index contributed by atoms with van der Waals surface area (Å²) in [7, 11) is 0. The van der Waals surface area contributed by atoms with Gasteiger partial charge in [0.25, 0.3) is 5.69 Å². The number of nitro groups is 1. The summed E-state index contributed by atoms with van der Waals surface area (Å²) >= 11 is 0. The van der Waals surface area contributed by atoms with Crippen LogP contribution < -0.4 is 5.32 Å². The summed E-state index contributed by atoms with van der Waals surface area (Å²) in [6.45, 7) is 5.01. The van der Waals surface area contributed by atoms with Gasteiger partial charge in [-0.1, -0.05) is 44.2 Å². The number of benzene rings is 2. The second-order valence-corrected chi connectivity index (χ2v) is 7.15. The smallest absolute Gasteiger partial charge is 0.269 e. The van der Waals surface area contributed by atoms with Gasteiger partial charge in [-0.15, -0.1) is 0 Å². The predicted octanol–water partition coefficient (Wildman–Crippen LogP) is 5.53. The van der Waals surface area contributed by atoms with Crippen molar-refractivity contribution in [1.82, 2.24) is 9.97 Å². The molecule has 0 spiro atoms. The van der Waals surface area contributed by atoms with Crippen molar-refractivity contribution >= 4 is 22.6 Å². The van der Waals surface area contributed by atoms with Crippen LogP contribution in [0.1, 0.15) is 13.8 Å². The van der Waals surface area contributed by atoms with Crippen molar-refractivity contribution < 1.29 is 9.34 Å². The molecule has 0 saturated carbocycles. The predicted molar refractivity (Wildman–Crippen MR) is 113 cm³/mol. The lowest BCUT2D eigenvalue weighted by atomic mass is 9.99. The molecular formula is C22H20N4O3. The molecule has 4 aromatic rings. The zero-order chi connectivity index (χ0) is 20.4. The molecule has 4 rings (SSSR count). The average molecular weight is 388 g/mol. The van der Waals surface area contributed by atoms with Gasteiger partial charge >= 0.3 is 0 Å². The molecule has 0 bridgehead atoms. The van der Waals surface area contributed by atoms with E-state index in [1.807, 2.05) is 30.3 Å². The van der Waals surface area contributed by atoms with Gasteiger partial charge in [0.15, 0.2) is 0 Å². The lowest BCUT2D eigenvalue weighted by Gasteiger charge is -2.10. The van der Waals surface area contributed by atoms with Crippen LogP contribution >= 0.6 is 0 Å². The third kappa shape index (κ3) is 3.67. The highest BCUT2D eigenvalue weighted by atomic mass is 16.6. The van der Waals surface area contributed by atoms with E-state index in [4.69, 9.17) is 4.42 Å². The molecule has 1 N–H and O–H groups in total. The molecular weight excluding hydrogens is 368 g/mol. The lowest BCUT2D eigenvalue weighted by Crippen LogP contribution is -2.09. The van der Waals surface area contributed by atoms with Crippen LogP contribution in [0.4, 0.5) is 11.5 Å². The first-order valence-corrected chi connectivity index (χ1v) is 9.36. The van der Waals surface area contributed by atoms with E-state index in [0.29, 0.717) is 23.2 Å². The summed E-state index contributed by atoms with van der Waals surface area (Å²) < 4.78 is 6.13. The number of nitro benzene ring substituents is 1. The Hall–Kier alpha value is -3.74. The molecule has 7 nitrogen and oxygen atoms in total. The quantitative estimate of drug-likeness (QED) is 0.345. The summed E-state index contributed by atoms with van der Waals surface area (Å²) in [5.41, 5.74) is 3.06. The fourth-order valence-corrected chi connectivity index (χ4v) is 3.19. The van der Waals surface area contributed by atoms with Gasteiger partial charge in [-0.25, -0.2) is 9.97 Å². The fourth-order valence-electron chi connectivity index (χ4n) is 3.19. The number of furan rings is 1. The third-order valence-corrected chi connectivity index (χ3v) is 4.57. The number of hydrogen-bond donors (Lipinski definition) is 1. The molecule has 0 fully saturated rings. The van der Waals surface area contributed by atoms with Crippen LogP contribution in [0.3, 0.4) is 0 Å². The van der Waals surface area contributed by atoms with E-state index < -0.39 is 4.92 Å². The van der Waals surface area contributed by atoms with Gasteiger partial charge in [-0.05, 0) is 23.6 Å². The molecule has 0 atom stereocenters. The van der Waals surface area contributed by atoms with Gasteiger partial charge in [0.05, 0.1) is 10.3 Å². The highest BCUT2D eigenvalue weighted by Gasteiger charge is 2.22. The molecule has 2 heterocycles. The van der Waals surface area contributed by atoms with Gasteiger partial charge in [-0.3, -0.25) is 10.1 Å². The maximum atomic E-state index is 11.0. The maximum absolute atomic E-state index is 11.0. The molecule has 0 aliphatic carbocycles. The summed E-state index contributed by atoms with van der Waals surface area (Å²) in [6.07, 6.45) is 1.48. The van der Waals surface area contributed by atoms with Crippen LogP contribution in [0.2, 0.25) is 0 Å². The topological polar surface area (TPSA) is 94.1 Å². The van der Waals surface area contributed by atoms with Crippen molar-refractivity contribution in [2.24, 2.45) is 5.92 Å².